The van der Waals surface area contributed by atoms with Crippen molar-refractivity contribution in [1.29, 1.82) is 0 Å². The first kappa shape index (κ1) is 12.2. The lowest BCUT2D eigenvalue weighted by Crippen LogP contribution is -1.97. The third-order valence-electron chi connectivity index (χ3n) is 2.63. The summed E-state index contributed by atoms with van der Waals surface area (Å²) in [5, 5.41) is 0. The summed E-state index contributed by atoms with van der Waals surface area (Å²) >= 11 is 0. The number of benzene rings is 1. The summed E-state index contributed by atoms with van der Waals surface area (Å²) in [6.45, 7) is 4.33. The van der Waals surface area contributed by atoms with E-state index in [-0.39, 0.29) is 0 Å². The zero-order valence-corrected chi connectivity index (χ0v) is 9.39. The molecule has 1 atom stereocenters. The van der Waals surface area contributed by atoms with Crippen LogP contribution in [0.15, 0.2) is 18.2 Å². The van der Waals surface area contributed by atoms with Gasteiger partial charge in [0, 0.05) is 6.07 Å². The van der Waals surface area contributed by atoms with E-state index in [1.54, 1.807) is 0 Å². The minimum absolute atomic E-state index is 0.479. The Morgan fingerprint density at radius 2 is 1.67 bits per heavy atom. The average Bonchev–Trinajstić information content (AvgIpc) is 2.14. The van der Waals surface area contributed by atoms with Crippen LogP contribution in [0.2, 0.25) is 0 Å². The zero-order valence-electron chi connectivity index (χ0n) is 9.39. The van der Waals surface area contributed by atoms with Gasteiger partial charge in [0.2, 0.25) is 0 Å². The zero-order chi connectivity index (χ0) is 11.3. The monoisotopic (exact) mass is 212 g/mol. The van der Waals surface area contributed by atoms with Crippen molar-refractivity contribution >= 4 is 0 Å². The molecule has 0 N–H and O–H groups in total. The molecule has 0 saturated carbocycles. The Hall–Kier alpha value is -0.920. The molecule has 1 aromatic carbocycles. The van der Waals surface area contributed by atoms with Crippen LogP contribution in [0.3, 0.4) is 0 Å². The van der Waals surface area contributed by atoms with Crippen molar-refractivity contribution in [3.05, 3.63) is 35.4 Å². The quantitative estimate of drug-likeness (QED) is 0.681. The maximum atomic E-state index is 12.9. The smallest absolute Gasteiger partial charge is 0.126 e. The average molecular weight is 212 g/mol. The summed E-state index contributed by atoms with van der Waals surface area (Å²) in [5.74, 6) is -0.331. The molecule has 0 aliphatic rings. The highest BCUT2D eigenvalue weighted by molar-refractivity contribution is 5.17. The molecule has 84 valence electrons. The molecule has 0 spiro atoms. The predicted molar refractivity (Wildman–Crippen MR) is 58.8 cm³/mol. The van der Waals surface area contributed by atoms with E-state index >= 15 is 0 Å². The molecule has 15 heavy (non-hydrogen) atoms. The fraction of sp³-hybridized carbons (Fsp3) is 0.538. The van der Waals surface area contributed by atoms with Crippen molar-refractivity contribution in [2.45, 2.75) is 39.5 Å². The highest BCUT2D eigenvalue weighted by Crippen LogP contribution is 2.16. The Bertz CT molecular complexity index is 287. The molecule has 1 unspecified atom stereocenters. The number of rotatable bonds is 5. The van der Waals surface area contributed by atoms with Crippen LogP contribution in [-0.2, 0) is 6.42 Å². The van der Waals surface area contributed by atoms with E-state index in [2.05, 4.69) is 13.8 Å². The fourth-order valence-electron chi connectivity index (χ4n) is 1.81. The summed E-state index contributed by atoms with van der Waals surface area (Å²) in [7, 11) is 0. The van der Waals surface area contributed by atoms with Crippen LogP contribution in [0.25, 0.3) is 0 Å². The fourth-order valence-corrected chi connectivity index (χ4v) is 1.81. The van der Waals surface area contributed by atoms with E-state index in [9.17, 15) is 8.78 Å². The molecular formula is C13H18F2. The molecular weight excluding hydrogens is 194 g/mol. The molecule has 2 heteroatoms. The van der Waals surface area contributed by atoms with E-state index < -0.39 is 11.6 Å². The molecule has 0 bridgehead atoms. The van der Waals surface area contributed by atoms with Crippen LogP contribution in [0.4, 0.5) is 8.78 Å². The summed E-state index contributed by atoms with van der Waals surface area (Å²) in [4.78, 5) is 0. The maximum Gasteiger partial charge on any atom is 0.126 e. The Morgan fingerprint density at radius 3 is 2.20 bits per heavy atom. The number of halogens is 2. The topological polar surface area (TPSA) is 0 Å². The summed E-state index contributed by atoms with van der Waals surface area (Å²) < 4.78 is 25.7. The largest absolute Gasteiger partial charge is 0.207 e. The SMILES string of the molecule is CCCC(C)CCc1cc(F)cc(F)c1. The lowest BCUT2D eigenvalue weighted by molar-refractivity contribution is 0.484. The minimum Gasteiger partial charge on any atom is -0.207 e. The lowest BCUT2D eigenvalue weighted by Gasteiger charge is -2.09. The van der Waals surface area contributed by atoms with Crippen LogP contribution in [0.1, 0.15) is 38.7 Å². The van der Waals surface area contributed by atoms with Gasteiger partial charge in [0.25, 0.3) is 0 Å². The van der Waals surface area contributed by atoms with E-state index in [1.165, 1.54) is 25.0 Å². The van der Waals surface area contributed by atoms with Gasteiger partial charge in [-0.05, 0) is 36.5 Å². The normalized spacial score (nSPS) is 12.8. The van der Waals surface area contributed by atoms with Crippen molar-refractivity contribution in [2.24, 2.45) is 5.92 Å². The minimum atomic E-state index is -0.479. The molecule has 0 heterocycles. The molecule has 0 amide bonds. The van der Waals surface area contributed by atoms with E-state index in [1.807, 2.05) is 0 Å². The number of aryl methyl sites for hydroxylation is 1. The predicted octanol–water partition coefficient (Wildman–Crippen LogP) is 4.33. The second-order valence-corrected chi connectivity index (χ2v) is 4.21. The van der Waals surface area contributed by atoms with Gasteiger partial charge >= 0.3 is 0 Å². The van der Waals surface area contributed by atoms with E-state index in [0.717, 1.165) is 24.5 Å². The lowest BCUT2D eigenvalue weighted by atomic mass is 9.97. The summed E-state index contributed by atoms with van der Waals surface area (Å²) in [6.07, 6.45) is 4.10. The second-order valence-electron chi connectivity index (χ2n) is 4.21. The Balaban J connectivity index is 2.50. The number of hydrogen-bond acceptors (Lipinski definition) is 0. The molecule has 0 radical (unpaired) electrons. The van der Waals surface area contributed by atoms with Crippen molar-refractivity contribution < 1.29 is 8.78 Å². The van der Waals surface area contributed by atoms with Crippen molar-refractivity contribution in [3.63, 3.8) is 0 Å². The van der Waals surface area contributed by atoms with Gasteiger partial charge in [-0.15, -0.1) is 0 Å². The highest BCUT2D eigenvalue weighted by Gasteiger charge is 2.04. The standard InChI is InChI=1S/C13H18F2/c1-3-4-10(2)5-6-11-7-12(14)9-13(15)8-11/h7-10H,3-6H2,1-2H3. The molecule has 0 aromatic heterocycles. The van der Waals surface area contributed by atoms with Crippen molar-refractivity contribution in [2.75, 3.05) is 0 Å². The Labute approximate surface area is 90.3 Å². The van der Waals surface area contributed by atoms with Gasteiger partial charge in [0.1, 0.15) is 11.6 Å². The first-order chi connectivity index (χ1) is 7.11. The van der Waals surface area contributed by atoms with Gasteiger partial charge in [-0.3, -0.25) is 0 Å². The third kappa shape index (κ3) is 4.41. The Morgan fingerprint density at radius 1 is 1.07 bits per heavy atom. The van der Waals surface area contributed by atoms with Gasteiger partial charge in [-0.2, -0.15) is 0 Å². The van der Waals surface area contributed by atoms with Crippen molar-refractivity contribution in [3.8, 4) is 0 Å². The molecule has 0 saturated heterocycles. The molecule has 0 aliphatic heterocycles. The molecule has 0 aliphatic carbocycles. The third-order valence-corrected chi connectivity index (χ3v) is 2.63. The van der Waals surface area contributed by atoms with Crippen LogP contribution >= 0.6 is 0 Å². The highest BCUT2D eigenvalue weighted by atomic mass is 19.1. The first-order valence-corrected chi connectivity index (χ1v) is 5.56. The number of hydrogen-bond donors (Lipinski definition) is 0. The Kier molecular flexibility index (Phi) is 4.73. The maximum absolute atomic E-state index is 12.9. The van der Waals surface area contributed by atoms with Crippen LogP contribution in [0.5, 0.6) is 0 Å². The van der Waals surface area contributed by atoms with Gasteiger partial charge in [-0.25, -0.2) is 8.78 Å². The molecule has 1 rings (SSSR count). The first-order valence-electron chi connectivity index (χ1n) is 5.56. The van der Waals surface area contributed by atoms with E-state index in [4.69, 9.17) is 0 Å². The van der Waals surface area contributed by atoms with Crippen molar-refractivity contribution in [1.82, 2.24) is 0 Å². The van der Waals surface area contributed by atoms with Gasteiger partial charge < -0.3 is 0 Å². The molecule has 1 aromatic rings. The van der Waals surface area contributed by atoms with Gasteiger partial charge in [-0.1, -0.05) is 26.7 Å². The molecule has 0 nitrogen and oxygen atoms in total. The van der Waals surface area contributed by atoms with Crippen LogP contribution in [-0.4, -0.2) is 0 Å². The summed E-state index contributed by atoms with van der Waals surface area (Å²) in [6, 6.07) is 3.75. The van der Waals surface area contributed by atoms with Gasteiger partial charge in [0.05, 0.1) is 0 Å². The van der Waals surface area contributed by atoms with E-state index in [0.29, 0.717) is 5.92 Å². The summed E-state index contributed by atoms with van der Waals surface area (Å²) in [5.41, 5.74) is 0.760. The van der Waals surface area contributed by atoms with Crippen LogP contribution in [0, 0.1) is 17.6 Å². The van der Waals surface area contributed by atoms with Crippen LogP contribution < -0.4 is 0 Å². The second kappa shape index (κ2) is 5.84. The van der Waals surface area contributed by atoms with Gasteiger partial charge in [0.15, 0.2) is 0 Å². The molecule has 0 fully saturated rings.